The van der Waals surface area contributed by atoms with Gasteiger partial charge in [0, 0.05) is 11.6 Å². The Balaban J connectivity index is 3.37. The number of carboxylic acids is 1. The minimum Gasteiger partial charge on any atom is -0.504 e. The first-order chi connectivity index (χ1) is 8.51. The third-order valence-corrected chi connectivity index (χ3v) is 2.54. The van der Waals surface area contributed by atoms with Crippen molar-refractivity contribution in [3.63, 3.8) is 0 Å². The number of hydrogen-bond donors (Lipinski definition) is 3. The Morgan fingerprint density at radius 1 is 1.50 bits per heavy atom. The molecular formula is C13H16O5. The average Bonchev–Trinajstić information content (AvgIpc) is 2.35. The molecule has 0 aromatic heterocycles. The third kappa shape index (κ3) is 3.01. The highest BCUT2D eigenvalue weighted by Gasteiger charge is 2.18. The number of aliphatic hydroxyl groups is 1. The first-order valence-corrected chi connectivity index (χ1v) is 5.50. The number of aromatic hydroxyl groups is 1. The van der Waals surface area contributed by atoms with E-state index in [9.17, 15) is 15.0 Å². The van der Waals surface area contributed by atoms with Gasteiger partial charge in [-0.3, -0.25) is 0 Å². The Kier molecular flexibility index (Phi) is 4.74. The largest absolute Gasteiger partial charge is 0.504 e. The standard InChI is InChI=1S/C13H16O5/c1-3-9(14)12-8(5-7-11(16)17)4-6-10(15)13(12)18-2/h4-7,9,14-15H,3H2,1-2H3,(H,16,17). The predicted molar refractivity (Wildman–Crippen MR) is 66.6 cm³/mol. The van der Waals surface area contributed by atoms with Crippen LogP contribution in [0, 0.1) is 0 Å². The van der Waals surface area contributed by atoms with Gasteiger partial charge in [-0.05, 0) is 24.1 Å². The van der Waals surface area contributed by atoms with Gasteiger partial charge in [-0.15, -0.1) is 0 Å². The van der Waals surface area contributed by atoms with E-state index >= 15 is 0 Å². The summed E-state index contributed by atoms with van der Waals surface area (Å²) in [5.41, 5.74) is 0.888. The monoisotopic (exact) mass is 252 g/mol. The van der Waals surface area contributed by atoms with Gasteiger partial charge in [-0.25, -0.2) is 4.79 Å². The summed E-state index contributed by atoms with van der Waals surface area (Å²) in [7, 11) is 1.38. The van der Waals surface area contributed by atoms with Crippen molar-refractivity contribution in [2.45, 2.75) is 19.4 Å². The van der Waals surface area contributed by atoms with Crippen LogP contribution in [0.1, 0.15) is 30.6 Å². The molecule has 98 valence electrons. The van der Waals surface area contributed by atoms with E-state index < -0.39 is 12.1 Å². The number of aliphatic hydroxyl groups excluding tert-OH is 1. The van der Waals surface area contributed by atoms with Gasteiger partial charge in [0.2, 0.25) is 0 Å². The van der Waals surface area contributed by atoms with Gasteiger partial charge in [0.1, 0.15) is 0 Å². The number of ether oxygens (including phenoxy) is 1. The van der Waals surface area contributed by atoms with Crippen LogP contribution in [0.4, 0.5) is 0 Å². The summed E-state index contributed by atoms with van der Waals surface area (Å²) in [5.74, 6) is -1.01. The Hall–Kier alpha value is -2.01. The third-order valence-electron chi connectivity index (χ3n) is 2.54. The molecule has 0 saturated heterocycles. The number of phenolic OH excluding ortho intramolecular Hbond substituents is 1. The van der Waals surface area contributed by atoms with Crippen LogP contribution in [0.3, 0.4) is 0 Å². The number of benzene rings is 1. The molecule has 0 aliphatic rings. The maximum atomic E-state index is 10.5. The summed E-state index contributed by atoms with van der Waals surface area (Å²) in [6, 6.07) is 2.93. The maximum Gasteiger partial charge on any atom is 0.328 e. The first kappa shape index (κ1) is 14.1. The lowest BCUT2D eigenvalue weighted by Gasteiger charge is -2.17. The smallest absolute Gasteiger partial charge is 0.328 e. The molecule has 5 nitrogen and oxygen atoms in total. The number of aliphatic carboxylic acids is 1. The van der Waals surface area contributed by atoms with E-state index in [2.05, 4.69) is 0 Å². The van der Waals surface area contributed by atoms with Crippen molar-refractivity contribution < 1.29 is 24.9 Å². The quantitative estimate of drug-likeness (QED) is 0.697. The normalized spacial score (nSPS) is 12.6. The topological polar surface area (TPSA) is 87.0 Å². The Labute approximate surface area is 105 Å². The van der Waals surface area contributed by atoms with Gasteiger partial charge in [-0.2, -0.15) is 0 Å². The van der Waals surface area contributed by atoms with Crippen molar-refractivity contribution in [1.29, 1.82) is 0 Å². The van der Waals surface area contributed by atoms with Crippen molar-refractivity contribution in [2.75, 3.05) is 7.11 Å². The lowest BCUT2D eigenvalue weighted by molar-refractivity contribution is -0.131. The van der Waals surface area contributed by atoms with Crippen molar-refractivity contribution >= 4 is 12.0 Å². The molecule has 0 bridgehead atoms. The number of carboxylic acid groups (broad SMARTS) is 1. The average molecular weight is 252 g/mol. The number of rotatable bonds is 5. The highest BCUT2D eigenvalue weighted by molar-refractivity contribution is 5.86. The van der Waals surface area contributed by atoms with Crippen LogP contribution in [-0.4, -0.2) is 28.4 Å². The SMILES string of the molecule is CCC(O)c1c(C=CC(=O)O)ccc(O)c1OC. The number of phenols is 1. The number of hydrogen-bond acceptors (Lipinski definition) is 4. The molecule has 0 aliphatic carbocycles. The summed E-state index contributed by atoms with van der Waals surface area (Å²) in [5, 5.41) is 28.2. The molecule has 0 amide bonds. The molecule has 0 radical (unpaired) electrons. The van der Waals surface area contributed by atoms with Crippen LogP contribution in [0.15, 0.2) is 18.2 Å². The zero-order valence-electron chi connectivity index (χ0n) is 10.3. The zero-order valence-corrected chi connectivity index (χ0v) is 10.3. The molecule has 5 heteroatoms. The summed E-state index contributed by atoms with van der Waals surface area (Å²) < 4.78 is 5.06. The highest BCUT2D eigenvalue weighted by atomic mass is 16.5. The number of methoxy groups -OCH3 is 1. The molecule has 0 saturated carbocycles. The summed E-state index contributed by atoms with van der Waals surface area (Å²) in [6.07, 6.45) is 1.92. The van der Waals surface area contributed by atoms with Gasteiger partial charge in [0.15, 0.2) is 11.5 Å². The van der Waals surface area contributed by atoms with Gasteiger partial charge in [0.05, 0.1) is 13.2 Å². The molecule has 18 heavy (non-hydrogen) atoms. The van der Waals surface area contributed by atoms with E-state index in [0.29, 0.717) is 17.5 Å². The Bertz CT molecular complexity index is 465. The second-order valence-corrected chi connectivity index (χ2v) is 3.72. The molecule has 0 aliphatic heterocycles. The first-order valence-electron chi connectivity index (χ1n) is 5.50. The Morgan fingerprint density at radius 2 is 2.17 bits per heavy atom. The molecule has 1 aromatic carbocycles. The molecule has 0 heterocycles. The van der Waals surface area contributed by atoms with E-state index in [1.807, 2.05) is 0 Å². The van der Waals surface area contributed by atoms with Crippen molar-refractivity contribution in [3.05, 3.63) is 29.3 Å². The minimum atomic E-state index is -1.08. The second kappa shape index (κ2) is 6.07. The van der Waals surface area contributed by atoms with Crippen LogP contribution in [0.2, 0.25) is 0 Å². The van der Waals surface area contributed by atoms with E-state index in [4.69, 9.17) is 9.84 Å². The lowest BCUT2D eigenvalue weighted by atomic mass is 9.98. The van der Waals surface area contributed by atoms with Gasteiger partial charge >= 0.3 is 5.97 Å². The summed E-state index contributed by atoms with van der Waals surface area (Å²) >= 11 is 0. The fraction of sp³-hybridized carbons (Fsp3) is 0.308. The predicted octanol–water partition coefficient (Wildman–Crippen LogP) is 1.94. The fourth-order valence-electron chi connectivity index (χ4n) is 1.67. The van der Waals surface area contributed by atoms with Crippen LogP contribution in [-0.2, 0) is 4.79 Å². The molecule has 0 spiro atoms. The zero-order chi connectivity index (χ0) is 13.7. The number of carbonyl (C=O) groups is 1. The molecule has 1 unspecified atom stereocenters. The van der Waals surface area contributed by atoms with Crippen LogP contribution in [0.25, 0.3) is 6.08 Å². The van der Waals surface area contributed by atoms with Gasteiger partial charge < -0.3 is 20.1 Å². The van der Waals surface area contributed by atoms with Crippen molar-refractivity contribution in [3.8, 4) is 11.5 Å². The van der Waals surface area contributed by atoms with Gasteiger partial charge in [0.25, 0.3) is 0 Å². The molecular weight excluding hydrogens is 236 g/mol. The van der Waals surface area contributed by atoms with Gasteiger partial charge in [-0.1, -0.05) is 13.0 Å². The molecule has 1 atom stereocenters. The van der Waals surface area contributed by atoms with Crippen LogP contribution in [0.5, 0.6) is 11.5 Å². The van der Waals surface area contributed by atoms with E-state index in [0.717, 1.165) is 6.08 Å². The molecule has 1 rings (SSSR count). The van der Waals surface area contributed by atoms with Crippen LogP contribution >= 0.6 is 0 Å². The molecule has 1 aromatic rings. The van der Waals surface area contributed by atoms with E-state index in [1.165, 1.54) is 25.3 Å². The minimum absolute atomic E-state index is 0.0903. The highest BCUT2D eigenvalue weighted by Crippen LogP contribution is 2.38. The molecule has 0 fully saturated rings. The summed E-state index contributed by atoms with van der Waals surface area (Å²) in [6.45, 7) is 1.78. The lowest BCUT2D eigenvalue weighted by Crippen LogP contribution is -2.02. The fourth-order valence-corrected chi connectivity index (χ4v) is 1.67. The van der Waals surface area contributed by atoms with Crippen LogP contribution < -0.4 is 4.74 Å². The maximum absolute atomic E-state index is 10.5. The van der Waals surface area contributed by atoms with Crippen molar-refractivity contribution in [2.24, 2.45) is 0 Å². The van der Waals surface area contributed by atoms with E-state index in [1.54, 1.807) is 6.92 Å². The van der Waals surface area contributed by atoms with E-state index in [-0.39, 0.29) is 11.5 Å². The molecule has 3 N–H and O–H groups in total. The summed E-state index contributed by atoms with van der Waals surface area (Å²) in [4.78, 5) is 10.5. The van der Waals surface area contributed by atoms with Crippen molar-refractivity contribution in [1.82, 2.24) is 0 Å². The second-order valence-electron chi connectivity index (χ2n) is 3.72. The Morgan fingerprint density at radius 3 is 2.67 bits per heavy atom.